The van der Waals surface area contributed by atoms with Crippen LogP contribution in [0.5, 0.6) is 0 Å². The highest BCUT2D eigenvalue weighted by molar-refractivity contribution is 5.69. The first-order chi connectivity index (χ1) is 53.5. The minimum absolute atomic E-state index is 0.0947. The monoisotopic (exact) mass is 1240 g/mol. The number of pyridine rings is 5. The number of hydrogen-bond acceptors (Lipinski definition) is 0. The van der Waals surface area contributed by atoms with Gasteiger partial charge in [0.05, 0.1) is 0 Å². The molecule has 2 unspecified atom stereocenters. The zero-order chi connectivity index (χ0) is 90.4. The Bertz CT molecular complexity index is 5190. The number of rotatable bonds is 9. The van der Waals surface area contributed by atoms with E-state index in [0.29, 0.717) is 27.8 Å². The minimum Gasteiger partial charge on any atom is -0.201 e. The van der Waals surface area contributed by atoms with Crippen LogP contribution in [0, 0.1) is 111 Å². The Morgan fingerprint density at radius 1 is 0.341 bits per heavy atom. The molecule has 10 rings (SSSR count). The Morgan fingerprint density at radius 2 is 0.736 bits per heavy atom. The van der Waals surface area contributed by atoms with Crippen LogP contribution in [0.25, 0.3) is 56.3 Å². The Hall–Kier alpha value is -8.15. The number of hydrogen-bond donors (Lipinski definition) is 0. The molecule has 0 saturated carbocycles. The van der Waals surface area contributed by atoms with Gasteiger partial charge in [-0.15, -0.1) is 0 Å². The van der Waals surface area contributed by atoms with Crippen molar-refractivity contribution in [1.82, 2.24) is 0 Å². The predicted octanol–water partition coefficient (Wildman–Crippen LogP) is 19.2. The van der Waals surface area contributed by atoms with Gasteiger partial charge in [0, 0.05) is 122 Å². The summed E-state index contributed by atoms with van der Waals surface area (Å²) in [6.07, 6.45) is 4.43. The highest BCUT2D eigenvalue weighted by atomic mass is 14.9. The van der Waals surface area contributed by atoms with Gasteiger partial charge in [-0.3, -0.25) is 0 Å². The summed E-state index contributed by atoms with van der Waals surface area (Å²) in [5.74, 6) is -3.31. The third-order valence-corrected chi connectivity index (χ3v) is 17.0. The second kappa shape index (κ2) is 31.7. The van der Waals surface area contributed by atoms with Crippen molar-refractivity contribution < 1.29 is 59.8 Å². The Labute approximate surface area is 589 Å². The summed E-state index contributed by atoms with van der Waals surface area (Å²) < 4.78 is 216. The van der Waals surface area contributed by atoms with E-state index in [0.717, 1.165) is 89.7 Å². The lowest BCUT2D eigenvalue weighted by Crippen LogP contribution is -2.32. The van der Waals surface area contributed by atoms with Crippen LogP contribution in [0.4, 0.5) is 0 Å². The first-order valence-corrected chi connectivity index (χ1v) is 30.4. The molecule has 0 aliphatic rings. The molecule has 0 aliphatic carbocycles. The lowest BCUT2D eigenvalue weighted by atomic mass is 9.94. The normalized spacial score (nSPS) is 17.8. The van der Waals surface area contributed by atoms with E-state index in [1.165, 1.54) is 53.8 Å². The maximum Gasteiger partial charge on any atom is 0.215 e. The van der Waals surface area contributed by atoms with Crippen molar-refractivity contribution in [3.8, 4) is 56.3 Å². The van der Waals surface area contributed by atoms with Crippen molar-refractivity contribution in [2.24, 2.45) is 35.2 Å². The summed E-state index contributed by atoms with van der Waals surface area (Å²) >= 11 is 0. The molecule has 91 heavy (non-hydrogen) atoms. The van der Waals surface area contributed by atoms with Gasteiger partial charge in [-0.25, -0.2) is 22.8 Å². The van der Waals surface area contributed by atoms with Gasteiger partial charge in [0.15, 0.2) is 31.0 Å². The zero-order valence-corrected chi connectivity index (χ0v) is 57.2. The molecule has 0 N–H and O–H groups in total. The summed E-state index contributed by atoms with van der Waals surface area (Å²) in [7, 11) is 9.53. The number of benzene rings is 5. The van der Waals surface area contributed by atoms with Crippen LogP contribution in [0.2, 0.25) is 0 Å². The van der Waals surface area contributed by atoms with Crippen molar-refractivity contribution >= 4 is 0 Å². The molecule has 0 fully saturated rings. The van der Waals surface area contributed by atoms with E-state index in [4.69, 9.17) is 37.0 Å². The first-order valence-electron chi connectivity index (χ1n) is 43.9. The van der Waals surface area contributed by atoms with E-state index in [9.17, 15) is 0 Å². The molecule has 5 aromatic carbocycles. The molecule has 0 spiro atoms. The van der Waals surface area contributed by atoms with Crippen molar-refractivity contribution in [2.75, 3.05) is 0 Å². The maximum absolute atomic E-state index is 8.24. The largest absolute Gasteiger partial charge is 0.215 e. The van der Waals surface area contributed by atoms with E-state index >= 15 is 0 Å². The lowest BCUT2D eigenvalue weighted by molar-refractivity contribution is -0.661. The first kappa shape index (κ1) is 42.1. The van der Waals surface area contributed by atoms with Gasteiger partial charge in [0.25, 0.3) is 0 Å². The molecule has 476 valence electrons. The van der Waals surface area contributed by atoms with Crippen LogP contribution >= 0.6 is 0 Å². The molecule has 5 nitrogen and oxygen atoms in total. The second-order valence-electron chi connectivity index (χ2n) is 24.1. The van der Waals surface area contributed by atoms with Crippen molar-refractivity contribution in [3.63, 3.8) is 0 Å². The highest BCUT2D eigenvalue weighted by Gasteiger charge is 2.22. The summed E-state index contributed by atoms with van der Waals surface area (Å²) in [6.45, 7) is 11.7. The van der Waals surface area contributed by atoms with E-state index in [-0.39, 0.29) is 22.3 Å². The SMILES string of the molecule is [2H]C([2H])([2H])C([2H])(C)c1ccc(-c2c(C)c(C)cc[n+]2C)c(C)c1.[2H]C([2H])([2H])C([2H])([2H])c1ccc(-c2c(C)c(C)cc[n+]2C)c(C)c1.[2H]C([2H])([2H])c1c[n+](C)c(-c2ccc(C([2H])([2H])C([2H])([2H])[2H])cc2C)cc1C.[2H]C([2H])([2H])c1cc(C)c(-c2ccc(C([2H])(C)C([2H])([2H])[2H])cc2C)[n+](C)c1.[2H]C([2H])([2H])c1ccc(-c2c(C)c(C)cc[n+]2C)c(C)c1. The van der Waals surface area contributed by atoms with Crippen LogP contribution in [0.15, 0.2) is 152 Å². The molecule has 10 aromatic rings. The van der Waals surface area contributed by atoms with Crippen LogP contribution in [-0.4, -0.2) is 0 Å². The predicted molar refractivity (Wildman–Crippen MR) is 388 cm³/mol. The van der Waals surface area contributed by atoms with Crippen molar-refractivity contribution in [1.29, 1.82) is 0 Å². The Balaban J connectivity index is 0.000000230. The molecule has 0 radical (unpaired) electrons. The number of aryl methyl sites for hydroxylation is 20. The fourth-order valence-corrected chi connectivity index (χ4v) is 11.4. The molecule has 0 aliphatic heterocycles. The average molecular weight is 1240 g/mol. The van der Waals surface area contributed by atoms with Gasteiger partial charge in [0.2, 0.25) is 28.5 Å². The molecule has 5 aromatic heterocycles. The summed E-state index contributed by atoms with van der Waals surface area (Å²) in [5.41, 5.74) is 25.0. The molecular formula is C86H112N5+5. The van der Waals surface area contributed by atoms with E-state index < -0.39 is 72.5 Å². The van der Waals surface area contributed by atoms with Crippen molar-refractivity contribution in [3.05, 3.63) is 264 Å². The fourth-order valence-electron chi connectivity index (χ4n) is 11.4. The topological polar surface area (TPSA) is 19.4 Å². The second-order valence-corrected chi connectivity index (χ2v) is 24.1. The molecule has 0 saturated heterocycles. The quantitative estimate of drug-likeness (QED) is 0.128. The van der Waals surface area contributed by atoms with Crippen LogP contribution < -0.4 is 22.8 Å². The number of nitrogens with zero attached hydrogens (tertiary/aromatic N) is 5. The molecule has 2 atom stereocenters. The molecule has 5 heteroatoms. The third-order valence-electron chi connectivity index (χ3n) is 17.0. The van der Waals surface area contributed by atoms with Gasteiger partial charge in [-0.2, -0.15) is 0 Å². The maximum atomic E-state index is 8.24. The Morgan fingerprint density at radius 3 is 1.12 bits per heavy atom. The summed E-state index contributed by atoms with van der Waals surface area (Å²) in [4.78, 5) is 0. The molecular weight excluding hydrogens is 1100 g/mol. The molecule has 0 bridgehead atoms. The van der Waals surface area contributed by atoms with Gasteiger partial charge >= 0.3 is 0 Å². The highest BCUT2D eigenvalue weighted by Crippen LogP contribution is 2.31. The van der Waals surface area contributed by atoms with Crippen LogP contribution in [-0.2, 0) is 48.0 Å². The van der Waals surface area contributed by atoms with Gasteiger partial charge < -0.3 is 0 Å². The van der Waals surface area contributed by atoms with E-state index in [2.05, 4.69) is 68.9 Å². The lowest BCUT2D eigenvalue weighted by Gasteiger charge is -2.12. The van der Waals surface area contributed by atoms with Crippen molar-refractivity contribution in [2.45, 2.75) is 176 Å². The van der Waals surface area contributed by atoms with Gasteiger partial charge in [-0.05, 0) is 244 Å². The Kier molecular flexibility index (Phi) is 14.7. The van der Waals surface area contributed by atoms with Crippen LogP contribution in [0.1, 0.15) is 201 Å². The van der Waals surface area contributed by atoms with E-state index in [1.807, 2.05) is 103 Å². The zero-order valence-electron chi connectivity index (χ0n) is 84.2. The van der Waals surface area contributed by atoms with Gasteiger partial charge in [0.1, 0.15) is 35.2 Å². The third kappa shape index (κ3) is 17.7. The summed E-state index contributed by atoms with van der Waals surface area (Å²) in [6, 6.07) is 35.5. The van der Waals surface area contributed by atoms with E-state index in [1.54, 1.807) is 116 Å². The van der Waals surface area contributed by atoms with Crippen LogP contribution in [0.3, 0.4) is 0 Å². The summed E-state index contributed by atoms with van der Waals surface area (Å²) in [5, 5.41) is 0. The average Bonchev–Trinajstić information content (AvgIpc) is 0.824. The standard InChI is InChI=1S/2C18H24N.2C17H22N.C16H20N/c1-12(2)16-7-8-17(14(4)10-16)18-15(5)9-13(3)11-19(18)6;1-12(2)16-7-8-17(14(4)11-16)18-15(5)13(3)9-10-19(18)6;1-6-15-7-8-16(13(3)9-15)17-10-12(2)14(4)11-18(17)5;1-6-15-7-8-16(13(3)11-15)17-14(4)12(2)9-10-18(17)5;1-11-6-7-15(13(3)10-11)16-14(4)12(2)8-9-17(16)5/h2*7-12H,1-6H3;2*7-11H,6H2,1-5H3;6-10H,1-5H3/q5*+1/i1D3,3D3,12D;1D3,12D;1D3,4D3,6D2;1D3,6D2;1D3. The molecule has 0 amide bonds. The minimum atomic E-state index is -2.76. The van der Waals surface area contributed by atoms with Gasteiger partial charge in [-0.1, -0.05) is 107 Å². The smallest absolute Gasteiger partial charge is 0.201 e. The molecule has 5 heterocycles. The number of aromatic nitrogens is 5. The fraction of sp³-hybridized carbons (Fsp3) is 0.360.